The molecule has 5 rings (SSSR count). The quantitative estimate of drug-likeness (QED) is 0.844. The van der Waals surface area contributed by atoms with E-state index in [1.165, 1.54) is 0 Å². The summed E-state index contributed by atoms with van der Waals surface area (Å²) in [6, 6.07) is 0.223. The third-order valence-electron chi connectivity index (χ3n) is 6.56. The fraction of sp³-hybridized carbons (Fsp3) is 0.600. The van der Waals surface area contributed by atoms with Gasteiger partial charge in [-0.25, -0.2) is 9.97 Å². The smallest absolute Gasteiger partial charge is 0.258 e. The van der Waals surface area contributed by atoms with Crippen molar-refractivity contribution in [2.45, 2.75) is 57.2 Å². The largest absolute Gasteiger partial charge is 0.391 e. The fourth-order valence-corrected chi connectivity index (χ4v) is 4.91. The Balaban J connectivity index is 1.44. The summed E-state index contributed by atoms with van der Waals surface area (Å²) in [6.45, 7) is 3.41. The number of carbonyl (C=O) groups is 1. The third-order valence-corrected chi connectivity index (χ3v) is 6.56. The van der Waals surface area contributed by atoms with Gasteiger partial charge < -0.3 is 14.9 Å². The second-order valence-corrected chi connectivity index (χ2v) is 8.24. The number of aliphatic hydroxyl groups is 1. The maximum atomic E-state index is 13.3. The van der Waals surface area contributed by atoms with E-state index in [2.05, 4.69) is 15.0 Å². The maximum Gasteiger partial charge on any atom is 0.258 e. The first-order chi connectivity index (χ1) is 13.5. The van der Waals surface area contributed by atoms with E-state index in [0.717, 1.165) is 55.6 Å². The van der Waals surface area contributed by atoms with Crippen LogP contribution in [0.2, 0.25) is 0 Å². The fourth-order valence-electron chi connectivity index (χ4n) is 4.91. The highest BCUT2D eigenvalue weighted by Gasteiger charge is 2.44. The zero-order chi connectivity index (χ0) is 19.4. The van der Waals surface area contributed by atoms with Crippen molar-refractivity contribution < 1.29 is 9.90 Å². The molecule has 2 saturated heterocycles. The Labute approximate surface area is 164 Å². The van der Waals surface area contributed by atoms with Gasteiger partial charge in [0.1, 0.15) is 0 Å². The van der Waals surface area contributed by atoms with Crippen LogP contribution in [-0.4, -0.2) is 60.9 Å². The molecule has 3 unspecified atom stereocenters. The van der Waals surface area contributed by atoms with Crippen molar-refractivity contribution >= 4 is 11.9 Å². The summed E-state index contributed by atoms with van der Waals surface area (Å²) in [4.78, 5) is 26.8. The van der Waals surface area contributed by atoms with E-state index >= 15 is 0 Å². The van der Waals surface area contributed by atoms with Gasteiger partial charge in [0.25, 0.3) is 5.91 Å². The van der Waals surface area contributed by atoms with Crippen molar-refractivity contribution in [1.82, 2.24) is 24.6 Å². The van der Waals surface area contributed by atoms with Crippen LogP contribution in [-0.2, 0) is 13.5 Å². The number of amides is 1. The van der Waals surface area contributed by atoms with Crippen LogP contribution in [0.5, 0.6) is 0 Å². The van der Waals surface area contributed by atoms with Gasteiger partial charge in [0.2, 0.25) is 5.95 Å². The molecule has 2 bridgehead atoms. The van der Waals surface area contributed by atoms with E-state index < -0.39 is 0 Å². The number of anilines is 1. The Morgan fingerprint density at radius 2 is 2.11 bits per heavy atom. The van der Waals surface area contributed by atoms with Crippen LogP contribution in [0.4, 0.5) is 5.95 Å². The van der Waals surface area contributed by atoms with E-state index in [-0.39, 0.29) is 24.1 Å². The molecule has 8 nitrogen and oxygen atoms in total. The molecule has 3 aliphatic rings. The lowest BCUT2D eigenvalue weighted by atomic mass is 9.98. The second kappa shape index (κ2) is 6.55. The first-order valence-electron chi connectivity index (χ1n) is 10.1. The predicted molar refractivity (Wildman–Crippen MR) is 103 cm³/mol. The van der Waals surface area contributed by atoms with Crippen molar-refractivity contribution in [3.63, 3.8) is 0 Å². The number of β-amino-alcohol motifs (C(OH)–C–C–N with tert-alkyl or cyclic N) is 1. The van der Waals surface area contributed by atoms with Gasteiger partial charge in [-0.2, -0.15) is 5.10 Å². The van der Waals surface area contributed by atoms with Crippen molar-refractivity contribution in [3.05, 3.63) is 34.9 Å². The number of aliphatic hydroxyl groups excluding tert-OH is 1. The molecule has 28 heavy (non-hydrogen) atoms. The van der Waals surface area contributed by atoms with Gasteiger partial charge in [0.15, 0.2) is 0 Å². The molecule has 0 radical (unpaired) electrons. The molecule has 3 aliphatic heterocycles. The van der Waals surface area contributed by atoms with Gasteiger partial charge in [0.05, 0.1) is 29.6 Å². The number of hydrogen-bond donors (Lipinski definition) is 1. The number of hydrogen-bond acceptors (Lipinski definition) is 6. The Kier molecular flexibility index (Phi) is 4.12. The number of aryl methyl sites for hydroxylation is 1. The molecule has 2 fully saturated rings. The van der Waals surface area contributed by atoms with Crippen molar-refractivity contribution in [2.75, 3.05) is 18.0 Å². The molecule has 0 saturated carbocycles. The standard InChI is InChI=1S/C20H26N6O2/c1-12-15(10-22-24(12)2)19(28)26-13-5-6-18(26)16-9-21-20(23-17(16)8-13)25-7-3-4-14(27)11-25/h9-10,13-14,18,27H,3-8,11H2,1-2H3. The first kappa shape index (κ1) is 17.6. The first-order valence-corrected chi connectivity index (χ1v) is 10.1. The van der Waals surface area contributed by atoms with Crippen LogP contribution in [0.1, 0.15) is 59.0 Å². The number of piperidine rings is 1. The van der Waals surface area contributed by atoms with Crippen LogP contribution >= 0.6 is 0 Å². The van der Waals surface area contributed by atoms with E-state index in [1.54, 1.807) is 10.9 Å². The predicted octanol–water partition coefficient (Wildman–Crippen LogP) is 1.38. The van der Waals surface area contributed by atoms with Crippen LogP contribution < -0.4 is 4.90 Å². The lowest BCUT2D eigenvalue weighted by Gasteiger charge is -2.36. The number of carbonyl (C=O) groups excluding carboxylic acids is 1. The van der Waals surface area contributed by atoms with Gasteiger partial charge >= 0.3 is 0 Å². The molecule has 0 aliphatic carbocycles. The highest BCUT2D eigenvalue weighted by atomic mass is 16.3. The van der Waals surface area contributed by atoms with E-state index in [0.29, 0.717) is 18.1 Å². The molecular formula is C20H26N6O2. The minimum absolute atomic E-state index is 0.0434. The molecule has 2 aromatic rings. The van der Waals surface area contributed by atoms with Crippen molar-refractivity contribution in [3.8, 4) is 0 Å². The lowest BCUT2D eigenvalue weighted by Crippen LogP contribution is -2.43. The zero-order valence-corrected chi connectivity index (χ0v) is 16.4. The topological polar surface area (TPSA) is 87.4 Å². The van der Waals surface area contributed by atoms with Gasteiger partial charge in [-0.1, -0.05) is 0 Å². The van der Waals surface area contributed by atoms with E-state index in [1.807, 2.05) is 25.1 Å². The molecule has 8 heteroatoms. The number of rotatable bonds is 2. The summed E-state index contributed by atoms with van der Waals surface area (Å²) in [5.41, 5.74) is 3.71. The highest BCUT2D eigenvalue weighted by Crippen LogP contribution is 2.44. The zero-order valence-electron chi connectivity index (χ0n) is 16.4. The summed E-state index contributed by atoms with van der Waals surface area (Å²) in [5, 5.41) is 14.2. The molecular weight excluding hydrogens is 356 g/mol. The monoisotopic (exact) mass is 382 g/mol. The van der Waals surface area contributed by atoms with E-state index in [4.69, 9.17) is 4.98 Å². The van der Waals surface area contributed by atoms with Crippen LogP contribution in [0.25, 0.3) is 0 Å². The summed E-state index contributed by atoms with van der Waals surface area (Å²) in [5.74, 6) is 0.770. The minimum Gasteiger partial charge on any atom is -0.391 e. The summed E-state index contributed by atoms with van der Waals surface area (Å²) >= 11 is 0. The normalized spacial score (nSPS) is 26.5. The molecule has 0 spiro atoms. The minimum atomic E-state index is -0.305. The number of nitrogens with zero attached hydrogens (tertiary/aromatic N) is 6. The second-order valence-electron chi connectivity index (χ2n) is 8.24. The molecule has 1 amide bonds. The van der Waals surface area contributed by atoms with Gasteiger partial charge in [-0.05, 0) is 32.6 Å². The summed E-state index contributed by atoms with van der Waals surface area (Å²) in [6.07, 6.45) is 7.78. The van der Waals surface area contributed by atoms with E-state index in [9.17, 15) is 9.90 Å². The lowest BCUT2D eigenvalue weighted by molar-refractivity contribution is 0.0643. The van der Waals surface area contributed by atoms with Crippen molar-refractivity contribution in [2.24, 2.45) is 7.05 Å². The van der Waals surface area contributed by atoms with Gasteiger partial charge in [0, 0.05) is 50.1 Å². The third kappa shape index (κ3) is 2.70. The summed E-state index contributed by atoms with van der Waals surface area (Å²) in [7, 11) is 1.86. The average Bonchev–Trinajstić information content (AvgIpc) is 3.19. The Morgan fingerprint density at radius 3 is 2.86 bits per heavy atom. The molecule has 2 aromatic heterocycles. The molecule has 0 aromatic carbocycles. The average molecular weight is 382 g/mol. The molecule has 148 valence electrons. The number of fused-ring (bicyclic) bond motifs is 4. The number of aromatic nitrogens is 4. The van der Waals surface area contributed by atoms with Crippen LogP contribution in [0, 0.1) is 6.92 Å². The van der Waals surface area contributed by atoms with Crippen LogP contribution in [0.3, 0.4) is 0 Å². The SMILES string of the molecule is Cc1c(C(=O)N2C3CCC2c2cnc(N4CCCC(O)C4)nc2C3)cnn1C. The van der Waals surface area contributed by atoms with Crippen LogP contribution in [0.15, 0.2) is 12.4 Å². The Bertz CT molecular complexity index is 925. The molecule has 1 N–H and O–H groups in total. The maximum absolute atomic E-state index is 13.3. The Hall–Kier alpha value is -2.48. The van der Waals surface area contributed by atoms with Crippen molar-refractivity contribution in [1.29, 1.82) is 0 Å². The summed E-state index contributed by atoms with van der Waals surface area (Å²) < 4.78 is 1.75. The highest BCUT2D eigenvalue weighted by molar-refractivity contribution is 5.96. The van der Waals surface area contributed by atoms with Gasteiger partial charge in [-0.15, -0.1) is 0 Å². The Morgan fingerprint density at radius 1 is 1.25 bits per heavy atom. The molecule has 3 atom stereocenters. The molecule has 5 heterocycles. The van der Waals surface area contributed by atoms with Gasteiger partial charge in [-0.3, -0.25) is 9.48 Å².